The van der Waals surface area contributed by atoms with E-state index in [4.69, 9.17) is 5.11 Å². The van der Waals surface area contributed by atoms with Crippen molar-refractivity contribution in [3.05, 3.63) is 58.6 Å². The van der Waals surface area contributed by atoms with Crippen LogP contribution in [0.3, 0.4) is 0 Å². The molecule has 140 valence electrons. The van der Waals surface area contributed by atoms with Gasteiger partial charge >= 0.3 is 5.97 Å². The van der Waals surface area contributed by atoms with Gasteiger partial charge in [0.1, 0.15) is 11.4 Å². The van der Waals surface area contributed by atoms with E-state index in [-0.39, 0.29) is 11.6 Å². The van der Waals surface area contributed by atoms with Gasteiger partial charge in [0.2, 0.25) is 11.6 Å². The molecule has 4 aliphatic rings. The van der Waals surface area contributed by atoms with Gasteiger partial charge < -0.3 is 19.8 Å². The summed E-state index contributed by atoms with van der Waals surface area (Å²) in [5.41, 5.74) is 3.30. The number of aromatic carboxylic acids is 1. The van der Waals surface area contributed by atoms with Crippen LogP contribution in [0.4, 0.5) is 0 Å². The number of hydrogen-bond acceptors (Lipinski definition) is 6. The lowest BCUT2D eigenvalue weighted by molar-refractivity contribution is -0.117. The number of carboxylic acids is 1. The molecule has 0 bridgehead atoms. The van der Waals surface area contributed by atoms with Crippen LogP contribution in [0.15, 0.2) is 47.4 Å². The lowest BCUT2D eigenvalue weighted by Gasteiger charge is -2.21. The monoisotopic (exact) mass is 367 g/mol. The van der Waals surface area contributed by atoms with E-state index in [0.717, 1.165) is 44.8 Å². The number of aryl methyl sites for hydroxylation is 1. The zero-order chi connectivity index (χ0) is 19.1. The van der Waals surface area contributed by atoms with Crippen LogP contribution < -0.4 is 0 Å². The summed E-state index contributed by atoms with van der Waals surface area (Å²) in [6.45, 7) is 7.33. The van der Waals surface area contributed by atoms with Crippen molar-refractivity contribution >= 4 is 17.5 Å². The fourth-order valence-electron chi connectivity index (χ4n) is 2.97. The van der Waals surface area contributed by atoms with E-state index >= 15 is 0 Å². The fourth-order valence-corrected chi connectivity index (χ4v) is 2.97. The minimum absolute atomic E-state index is 0.00546. The summed E-state index contributed by atoms with van der Waals surface area (Å²) < 4.78 is 0. The average Bonchev–Trinajstić information content (AvgIpc) is 3.48. The van der Waals surface area contributed by atoms with Gasteiger partial charge in [0.05, 0.1) is 11.3 Å². The highest BCUT2D eigenvalue weighted by molar-refractivity contribution is 6.22. The zero-order valence-electron chi connectivity index (χ0n) is 15.1. The molecule has 0 atom stereocenters. The third-order valence-electron chi connectivity index (χ3n) is 4.79. The Bertz CT molecular complexity index is 873. The SMILES string of the molecule is Cc1ccc(C(=O)O)cc1.O=C1C=C(N2CC2)C(=O)C(N2CC2)=C1N1CC1. The van der Waals surface area contributed by atoms with E-state index in [9.17, 15) is 14.4 Å². The number of benzene rings is 1. The molecule has 0 radical (unpaired) electrons. The first-order chi connectivity index (χ1) is 13.0. The lowest BCUT2D eigenvalue weighted by atomic mass is 10.0. The van der Waals surface area contributed by atoms with E-state index < -0.39 is 5.97 Å². The molecule has 1 aromatic carbocycles. The smallest absolute Gasteiger partial charge is 0.335 e. The summed E-state index contributed by atoms with van der Waals surface area (Å²) in [5, 5.41) is 8.48. The van der Waals surface area contributed by atoms with Gasteiger partial charge in [-0.05, 0) is 19.1 Å². The summed E-state index contributed by atoms with van der Waals surface area (Å²) in [4.78, 5) is 40.8. The number of hydrogen-bond donors (Lipinski definition) is 1. The molecule has 1 aromatic rings. The first kappa shape index (κ1) is 17.3. The highest BCUT2D eigenvalue weighted by Gasteiger charge is 2.43. The standard InChI is InChI=1S/C12H13N3O2.C8H8O2/c16-9-7-8(13-1-2-13)12(17)11(15-5-6-15)10(9)14-3-4-14;1-6-2-4-7(5-3-6)8(9)10/h7H,1-6H2;2-5H,1H3,(H,9,10). The normalized spacial score (nSPS) is 20.2. The lowest BCUT2D eigenvalue weighted by Crippen LogP contribution is -2.29. The number of carboxylic acid groups (broad SMARTS) is 1. The number of ketones is 2. The summed E-state index contributed by atoms with van der Waals surface area (Å²) in [5.74, 6) is -0.826. The molecule has 3 aliphatic heterocycles. The summed E-state index contributed by atoms with van der Waals surface area (Å²) in [6, 6.07) is 6.75. The van der Waals surface area contributed by atoms with Crippen LogP contribution in [0.2, 0.25) is 0 Å². The number of carbonyl (C=O) groups excluding carboxylic acids is 2. The maximum absolute atomic E-state index is 12.4. The van der Waals surface area contributed by atoms with Crippen molar-refractivity contribution in [3.63, 3.8) is 0 Å². The highest BCUT2D eigenvalue weighted by Crippen LogP contribution is 2.33. The topological polar surface area (TPSA) is 80.5 Å². The van der Waals surface area contributed by atoms with Crippen molar-refractivity contribution < 1.29 is 19.5 Å². The van der Waals surface area contributed by atoms with E-state index in [1.165, 1.54) is 6.08 Å². The summed E-state index contributed by atoms with van der Waals surface area (Å²) in [6.07, 6.45) is 1.52. The van der Waals surface area contributed by atoms with Gasteiger partial charge in [0.25, 0.3) is 0 Å². The molecule has 3 saturated heterocycles. The zero-order valence-corrected chi connectivity index (χ0v) is 15.1. The number of Topliss-reactive ketones (excluding diaryl/α,β-unsaturated/α-hetero) is 1. The summed E-state index contributed by atoms with van der Waals surface area (Å²) >= 11 is 0. The molecule has 1 aliphatic carbocycles. The van der Waals surface area contributed by atoms with E-state index in [0.29, 0.717) is 22.7 Å². The van der Waals surface area contributed by atoms with Gasteiger partial charge in [-0.25, -0.2) is 4.79 Å². The minimum atomic E-state index is -0.875. The Balaban J connectivity index is 0.000000155. The molecule has 0 spiro atoms. The molecule has 0 saturated carbocycles. The molecule has 5 rings (SSSR count). The van der Waals surface area contributed by atoms with Crippen molar-refractivity contribution in [2.75, 3.05) is 39.3 Å². The minimum Gasteiger partial charge on any atom is -0.478 e. The van der Waals surface area contributed by atoms with Crippen LogP contribution in [0.25, 0.3) is 0 Å². The second-order valence-electron chi connectivity index (χ2n) is 7.05. The van der Waals surface area contributed by atoms with Crippen LogP contribution in [0.5, 0.6) is 0 Å². The van der Waals surface area contributed by atoms with Gasteiger partial charge in [-0.15, -0.1) is 0 Å². The predicted molar refractivity (Wildman–Crippen MR) is 98.0 cm³/mol. The van der Waals surface area contributed by atoms with E-state index in [1.54, 1.807) is 24.3 Å². The Hall–Kier alpha value is -3.09. The average molecular weight is 367 g/mol. The molecule has 27 heavy (non-hydrogen) atoms. The predicted octanol–water partition coefficient (Wildman–Crippen LogP) is 0.874. The van der Waals surface area contributed by atoms with Crippen molar-refractivity contribution in [1.82, 2.24) is 14.7 Å². The highest BCUT2D eigenvalue weighted by atomic mass is 16.4. The van der Waals surface area contributed by atoms with E-state index in [2.05, 4.69) is 0 Å². The first-order valence-electron chi connectivity index (χ1n) is 9.05. The Labute approximate surface area is 157 Å². The third-order valence-corrected chi connectivity index (χ3v) is 4.79. The maximum Gasteiger partial charge on any atom is 0.335 e. The molecular weight excluding hydrogens is 346 g/mol. The Morgan fingerprint density at radius 3 is 1.85 bits per heavy atom. The molecule has 3 fully saturated rings. The fraction of sp³-hybridized carbons (Fsp3) is 0.350. The number of nitrogens with zero attached hydrogens (tertiary/aromatic N) is 3. The van der Waals surface area contributed by atoms with Crippen LogP contribution in [-0.4, -0.2) is 76.6 Å². The Morgan fingerprint density at radius 2 is 1.37 bits per heavy atom. The summed E-state index contributed by atoms with van der Waals surface area (Å²) in [7, 11) is 0. The van der Waals surface area contributed by atoms with Gasteiger partial charge in [-0.2, -0.15) is 0 Å². The van der Waals surface area contributed by atoms with Gasteiger partial charge in [-0.1, -0.05) is 17.7 Å². The first-order valence-corrected chi connectivity index (χ1v) is 9.05. The van der Waals surface area contributed by atoms with E-state index in [1.807, 2.05) is 21.6 Å². The number of allylic oxidation sites excluding steroid dienone is 1. The molecule has 3 heterocycles. The van der Waals surface area contributed by atoms with Crippen molar-refractivity contribution in [1.29, 1.82) is 0 Å². The quantitative estimate of drug-likeness (QED) is 0.625. The number of rotatable bonds is 4. The Morgan fingerprint density at radius 1 is 0.852 bits per heavy atom. The van der Waals surface area contributed by atoms with Gasteiger partial charge in [-0.3, -0.25) is 9.59 Å². The third kappa shape index (κ3) is 3.72. The molecule has 0 amide bonds. The molecule has 7 nitrogen and oxygen atoms in total. The molecule has 0 aromatic heterocycles. The van der Waals surface area contributed by atoms with Gasteiger partial charge in [0.15, 0.2) is 0 Å². The van der Waals surface area contributed by atoms with Crippen LogP contribution in [0, 0.1) is 6.92 Å². The van der Waals surface area contributed by atoms with Crippen molar-refractivity contribution in [2.24, 2.45) is 0 Å². The second kappa shape index (κ2) is 6.57. The van der Waals surface area contributed by atoms with Crippen molar-refractivity contribution in [2.45, 2.75) is 6.92 Å². The number of carbonyl (C=O) groups is 3. The maximum atomic E-state index is 12.4. The Kier molecular flexibility index (Phi) is 4.22. The van der Waals surface area contributed by atoms with Crippen LogP contribution in [-0.2, 0) is 9.59 Å². The van der Waals surface area contributed by atoms with Gasteiger partial charge in [0, 0.05) is 45.3 Å². The van der Waals surface area contributed by atoms with Crippen LogP contribution >= 0.6 is 0 Å². The molecular formula is C20H21N3O4. The molecule has 1 N–H and O–H groups in total. The second-order valence-corrected chi connectivity index (χ2v) is 7.05. The molecule has 0 unspecified atom stereocenters. The largest absolute Gasteiger partial charge is 0.478 e. The van der Waals surface area contributed by atoms with Crippen molar-refractivity contribution in [3.8, 4) is 0 Å². The molecule has 7 heteroatoms. The van der Waals surface area contributed by atoms with Crippen LogP contribution in [0.1, 0.15) is 15.9 Å².